The maximum absolute atomic E-state index is 12.5. The number of nitrogens with one attached hydrogen (secondary N) is 1. The Bertz CT molecular complexity index is 796. The number of hydrogen-bond donors (Lipinski definition) is 2. The van der Waals surface area contributed by atoms with Gasteiger partial charge in [0.2, 0.25) is 5.95 Å². The van der Waals surface area contributed by atoms with Gasteiger partial charge in [-0.15, -0.1) is 0 Å². The third-order valence-electron chi connectivity index (χ3n) is 3.45. The van der Waals surface area contributed by atoms with Crippen LogP contribution in [0.3, 0.4) is 0 Å². The highest BCUT2D eigenvalue weighted by atomic mass is 35.5. The number of aliphatic carboxylic acids is 1. The Morgan fingerprint density at radius 3 is 2.69 bits per heavy atom. The van der Waals surface area contributed by atoms with E-state index in [0.29, 0.717) is 30.5 Å². The lowest BCUT2D eigenvalue weighted by Gasteiger charge is -2.19. The highest BCUT2D eigenvalue weighted by Crippen LogP contribution is 2.21. The summed E-state index contributed by atoms with van der Waals surface area (Å²) in [5, 5.41) is 11.5. The summed E-state index contributed by atoms with van der Waals surface area (Å²) < 4.78 is 5.09. The largest absolute Gasteiger partial charge is 0.482 e. The van der Waals surface area contributed by atoms with Crippen LogP contribution in [0.25, 0.3) is 0 Å². The normalized spacial score (nSPS) is 10.3. The molecule has 2 rings (SSSR count). The Morgan fingerprint density at radius 1 is 1.31 bits per heavy atom. The van der Waals surface area contributed by atoms with Crippen molar-refractivity contribution in [3.05, 3.63) is 41.2 Å². The van der Waals surface area contributed by atoms with Gasteiger partial charge in [0.15, 0.2) is 12.3 Å². The second kappa shape index (κ2) is 9.00. The van der Waals surface area contributed by atoms with Crippen LogP contribution < -0.4 is 15.0 Å². The zero-order valence-corrected chi connectivity index (χ0v) is 15.2. The molecule has 138 valence electrons. The van der Waals surface area contributed by atoms with Crippen LogP contribution in [0.15, 0.2) is 30.5 Å². The Hall–Kier alpha value is -2.87. The van der Waals surface area contributed by atoms with E-state index in [0.717, 1.165) is 0 Å². The number of carboxylic acid groups (broad SMARTS) is 1. The molecule has 0 radical (unpaired) electrons. The summed E-state index contributed by atoms with van der Waals surface area (Å²) in [6.07, 6.45) is 1.39. The van der Waals surface area contributed by atoms with E-state index < -0.39 is 18.5 Å². The molecule has 0 unspecified atom stereocenters. The Kier molecular flexibility index (Phi) is 6.74. The maximum atomic E-state index is 12.5. The summed E-state index contributed by atoms with van der Waals surface area (Å²) in [6, 6.07) is 6.39. The summed E-state index contributed by atoms with van der Waals surface area (Å²) in [6.45, 7) is 4.85. The minimum Gasteiger partial charge on any atom is -0.482 e. The van der Waals surface area contributed by atoms with Crippen LogP contribution in [0, 0.1) is 0 Å². The molecule has 0 atom stereocenters. The number of anilines is 2. The van der Waals surface area contributed by atoms with Gasteiger partial charge < -0.3 is 20.1 Å². The molecule has 0 aliphatic carbocycles. The number of hydrogen-bond acceptors (Lipinski definition) is 6. The molecule has 0 saturated carbocycles. The van der Waals surface area contributed by atoms with E-state index in [4.69, 9.17) is 21.4 Å². The average Bonchev–Trinajstić information content (AvgIpc) is 2.62. The lowest BCUT2D eigenvalue weighted by Crippen LogP contribution is -2.25. The van der Waals surface area contributed by atoms with Crippen LogP contribution in [-0.4, -0.2) is 46.6 Å². The molecular weight excluding hydrogens is 360 g/mol. The summed E-state index contributed by atoms with van der Waals surface area (Å²) in [7, 11) is 0. The number of ether oxygens (including phenoxy) is 1. The molecule has 0 aliphatic heterocycles. The third-order valence-corrected chi connectivity index (χ3v) is 3.72. The second-order valence-corrected chi connectivity index (χ2v) is 5.61. The Morgan fingerprint density at radius 2 is 2.04 bits per heavy atom. The quantitative estimate of drug-likeness (QED) is 0.727. The predicted octanol–water partition coefficient (Wildman–Crippen LogP) is 2.69. The van der Waals surface area contributed by atoms with Crippen LogP contribution in [-0.2, 0) is 4.79 Å². The van der Waals surface area contributed by atoms with Gasteiger partial charge in [-0.1, -0.05) is 17.7 Å². The van der Waals surface area contributed by atoms with Crippen LogP contribution in [0.2, 0.25) is 5.02 Å². The van der Waals surface area contributed by atoms with E-state index >= 15 is 0 Å². The number of carbonyl (C=O) groups excluding carboxylic acids is 1. The van der Waals surface area contributed by atoms with E-state index in [-0.39, 0.29) is 10.7 Å². The molecule has 9 heteroatoms. The SMILES string of the molecule is CCN(CC)c1ncc(Cl)c(C(=O)Nc2cccc(OCC(=O)O)c2)n1. The molecule has 1 heterocycles. The Balaban J connectivity index is 2.18. The molecule has 26 heavy (non-hydrogen) atoms. The zero-order chi connectivity index (χ0) is 19.1. The summed E-state index contributed by atoms with van der Waals surface area (Å²) >= 11 is 6.07. The van der Waals surface area contributed by atoms with Gasteiger partial charge in [-0.3, -0.25) is 4.79 Å². The van der Waals surface area contributed by atoms with Gasteiger partial charge in [-0.25, -0.2) is 14.8 Å². The van der Waals surface area contributed by atoms with Gasteiger partial charge in [-0.05, 0) is 26.0 Å². The van der Waals surface area contributed by atoms with Crippen molar-refractivity contribution in [1.29, 1.82) is 0 Å². The smallest absolute Gasteiger partial charge is 0.341 e. The van der Waals surface area contributed by atoms with Crippen molar-refractivity contribution < 1.29 is 19.4 Å². The van der Waals surface area contributed by atoms with Gasteiger partial charge >= 0.3 is 5.97 Å². The summed E-state index contributed by atoms with van der Waals surface area (Å²) in [5.74, 6) is -0.844. The molecule has 0 saturated heterocycles. The van der Waals surface area contributed by atoms with Gasteiger partial charge in [0.05, 0.1) is 11.2 Å². The standard InChI is InChI=1S/C17H19ClN4O4/c1-3-22(4-2)17-19-9-13(18)15(21-17)16(25)20-11-6-5-7-12(8-11)26-10-14(23)24/h5-9H,3-4,10H2,1-2H3,(H,20,25)(H,23,24). The van der Waals surface area contributed by atoms with Crippen molar-refractivity contribution in [3.63, 3.8) is 0 Å². The number of aromatic nitrogens is 2. The highest BCUT2D eigenvalue weighted by Gasteiger charge is 2.16. The highest BCUT2D eigenvalue weighted by molar-refractivity contribution is 6.34. The lowest BCUT2D eigenvalue weighted by molar-refractivity contribution is -0.139. The molecule has 2 aromatic rings. The molecule has 0 aliphatic rings. The van der Waals surface area contributed by atoms with E-state index in [2.05, 4.69) is 15.3 Å². The number of rotatable bonds is 8. The minimum absolute atomic E-state index is 0.0559. The van der Waals surface area contributed by atoms with E-state index in [1.165, 1.54) is 12.3 Å². The van der Waals surface area contributed by atoms with Crippen molar-refractivity contribution in [3.8, 4) is 5.75 Å². The molecule has 1 aromatic carbocycles. The fraction of sp³-hybridized carbons (Fsp3) is 0.294. The maximum Gasteiger partial charge on any atom is 0.341 e. The van der Waals surface area contributed by atoms with Gasteiger partial charge in [0.25, 0.3) is 5.91 Å². The molecule has 0 bridgehead atoms. The predicted molar refractivity (Wildman–Crippen MR) is 98.1 cm³/mol. The van der Waals surface area contributed by atoms with Gasteiger partial charge in [0.1, 0.15) is 5.75 Å². The van der Waals surface area contributed by atoms with Gasteiger partial charge in [-0.2, -0.15) is 0 Å². The monoisotopic (exact) mass is 378 g/mol. The first kappa shape index (κ1) is 19.5. The van der Waals surface area contributed by atoms with Crippen molar-refractivity contribution in [2.45, 2.75) is 13.8 Å². The van der Waals surface area contributed by atoms with Crippen molar-refractivity contribution in [2.24, 2.45) is 0 Å². The minimum atomic E-state index is -1.09. The fourth-order valence-corrected chi connectivity index (χ4v) is 2.35. The summed E-state index contributed by atoms with van der Waals surface area (Å²) in [4.78, 5) is 33.4. The molecule has 1 amide bonds. The number of benzene rings is 1. The molecule has 0 fully saturated rings. The molecule has 0 spiro atoms. The molecule has 1 aromatic heterocycles. The third kappa shape index (κ3) is 5.06. The fourth-order valence-electron chi connectivity index (χ4n) is 2.17. The first-order chi connectivity index (χ1) is 12.4. The van der Waals surface area contributed by atoms with Crippen LogP contribution >= 0.6 is 11.6 Å². The topological polar surface area (TPSA) is 105 Å². The van der Waals surface area contributed by atoms with Crippen molar-refractivity contribution in [2.75, 3.05) is 29.9 Å². The van der Waals surface area contributed by atoms with Gasteiger partial charge in [0, 0.05) is 24.8 Å². The lowest BCUT2D eigenvalue weighted by atomic mass is 10.3. The number of nitrogens with zero attached hydrogens (tertiary/aromatic N) is 3. The van der Waals surface area contributed by atoms with E-state index in [1.807, 2.05) is 18.7 Å². The number of amides is 1. The van der Waals surface area contributed by atoms with Crippen molar-refractivity contribution >= 4 is 35.1 Å². The van der Waals surface area contributed by atoms with Crippen molar-refractivity contribution in [1.82, 2.24) is 9.97 Å². The van der Waals surface area contributed by atoms with E-state index in [1.54, 1.807) is 18.2 Å². The average molecular weight is 379 g/mol. The zero-order valence-electron chi connectivity index (χ0n) is 14.4. The number of carboxylic acids is 1. The van der Waals surface area contributed by atoms with E-state index in [9.17, 15) is 9.59 Å². The first-order valence-corrected chi connectivity index (χ1v) is 8.35. The molecule has 2 N–H and O–H groups in total. The summed E-state index contributed by atoms with van der Waals surface area (Å²) in [5.41, 5.74) is 0.484. The second-order valence-electron chi connectivity index (χ2n) is 5.20. The number of halogens is 1. The first-order valence-electron chi connectivity index (χ1n) is 7.98. The number of carbonyl (C=O) groups is 2. The molecular formula is C17H19ClN4O4. The van der Waals surface area contributed by atoms with Crippen LogP contribution in [0.5, 0.6) is 5.75 Å². The molecule has 8 nitrogen and oxygen atoms in total. The van der Waals surface area contributed by atoms with Crippen LogP contribution in [0.1, 0.15) is 24.3 Å². The van der Waals surface area contributed by atoms with Crippen LogP contribution in [0.4, 0.5) is 11.6 Å². The Labute approximate surface area is 155 Å².